The number of hydrogen-bond acceptors (Lipinski definition) is 4. The summed E-state index contributed by atoms with van der Waals surface area (Å²) in [7, 11) is -3.74. The van der Waals surface area contributed by atoms with Crippen LogP contribution < -0.4 is 0 Å². The normalized spacial score (nSPS) is 16.0. The Balaban J connectivity index is 3.45. The van der Waals surface area contributed by atoms with Crippen LogP contribution in [0.2, 0.25) is 5.02 Å². The Morgan fingerprint density at radius 3 is 2.17 bits per heavy atom. The van der Waals surface area contributed by atoms with Gasteiger partial charge in [-0.05, 0) is 29.5 Å². The Morgan fingerprint density at radius 2 is 1.75 bits per heavy atom. The second kappa shape index (κ2) is 6.82. The van der Waals surface area contributed by atoms with Gasteiger partial charge in [0.2, 0.25) is 0 Å². The average Bonchev–Trinajstić information content (AvgIpc) is 2.35. The Hall–Kier alpha value is -0.830. The minimum atomic E-state index is -4.97. The van der Waals surface area contributed by atoms with E-state index in [-0.39, 0.29) is 15.5 Å². The molecular weight excluding hydrogens is 369 g/mol. The number of aliphatic hydroxyl groups is 2. The van der Waals surface area contributed by atoms with E-state index in [4.69, 9.17) is 16.7 Å². The van der Waals surface area contributed by atoms with Gasteiger partial charge >= 0.3 is 6.18 Å². The molecule has 0 amide bonds. The molecule has 0 spiro atoms. The monoisotopic (exact) mass is 388 g/mol. The van der Waals surface area contributed by atoms with Crippen molar-refractivity contribution >= 4 is 21.4 Å². The Bertz CT molecular complexity index is 701. The average molecular weight is 389 g/mol. The predicted octanol–water partition coefficient (Wildman–Crippen LogP) is 3.09. The van der Waals surface area contributed by atoms with Crippen molar-refractivity contribution in [3.05, 3.63) is 28.8 Å². The fourth-order valence-corrected chi connectivity index (χ4v) is 4.03. The minimum absolute atomic E-state index is 0.120. The van der Waals surface area contributed by atoms with Crippen molar-refractivity contribution in [1.29, 1.82) is 0 Å². The van der Waals surface area contributed by atoms with Crippen LogP contribution in [-0.4, -0.2) is 43.3 Å². The summed E-state index contributed by atoms with van der Waals surface area (Å²) >= 11 is 5.80. The summed E-state index contributed by atoms with van der Waals surface area (Å²) in [6.07, 6.45) is -5.75. The molecule has 9 heteroatoms. The SMILES string of the molecule is CC(C)(CC(O)(CCO)C(F)(F)F)c1ccc(Cl)cc1S(C)(=O)=O. The lowest BCUT2D eigenvalue weighted by Gasteiger charge is -2.38. The third-order valence-electron chi connectivity index (χ3n) is 3.86. The van der Waals surface area contributed by atoms with Crippen LogP contribution in [0.5, 0.6) is 0 Å². The first-order valence-corrected chi connectivity index (χ1v) is 9.31. The molecule has 138 valence electrons. The van der Waals surface area contributed by atoms with Gasteiger partial charge in [0.1, 0.15) is 0 Å². The topological polar surface area (TPSA) is 74.6 Å². The van der Waals surface area contributed by atoms with E-state index in [9.17, 15) is 26.7 Å². The summed E-state index contributed by atoms with van der Waals surface area (Å²) in [6, 6.07) is 3.90. The molecule has 0 fully saturated rings. The molecule has 4 nitrogen and oxygen atoms in total. The van der Waals surface area contributed by atoms with E-state index in [0.29, 0.717) is 0 Å². The van der Waals surface area contributed by atoms with Crippen LogP contribution in [0.1, 0.15) is 32.3 Å². The Labute approximate surface area is 144 Å². The molecule has 0 saturated heterocycles. The van der Waals surface area contributed by atoms with E-state index < -0.39 is 46.5 Å². The highest BCUT2D eigenvalue weighted by Crippen LogP contribution is 2.44. The zero-order valence-electron chi connectivity index (χ0n) is 13.5. The highest BCUT2D eigenvalue weighted by molar-refractivity contribution is 7.90. The van der Waals surface area contributed by atoms with Crippen LogP contribution in [0.3, 0.4) is 0 Å². The number of rotatable bonds is 6. The van der Waals surface area contributed by atoms with Gasteiger partial charge in [-0.15, -0.1) is 0 Å². The highest BCUT2D eigenvalue weighted by Gasteiger charge is 2.55. The molecule has 0 aromatic heterocycles. The number of hydrogen-bond donors (Lipinski definition) is 2. The van der Waals surface area contributed by atoms with E-state index in [1.54, 1.807) is 0 Å². The molecule has 1 unspecified atom stereocenters. The first kappa shape index (κ1) is 21.2. The summed E-state index contributed by atoms with van der Waals surface area (Å²) in [5.41, 5.74) is -4.36. The van der Waals surface area contributed by atoms with Crippen molar-refractivity contribution in [2.45, 2.75) is 48.8 Å². The van der Waals surface area contributed by atoms with Gasteiger partial charge in [0, 0.05) is 24.3 Å². The predicted molar refractivity (Wildman–Crippen MR) is 84.9 cm³/mol. The summed E-state index contributed by atoms with van der Waals surface area (Å²) < 4.78 is 63.6. The molecule has 0 bridgehead atoms. The largest absolute Gasteiger partial charge is 0.417 e. The molecule has 0 aliphatic carbocycles. The quantitative estimate of drug-likeness (QED) is 0.785. The molecule has 24 heavy (non-hydrogen) atoms. The maximum Gasteiger partial charge on any atom is 0.417 e. The highest BCUT2D eigenvalue weighted by atomic mass is 35.5. The van der Waals surface area contributed by atoms with Crippen LogP contribution in [0.15, 0.2) is 23.1 Å². The van der Waals surface area contributed by atoms with Gasteiger partial charge in [0.25, 0.3) is 0 Å². The number of sulfone groups is 1. The maximum absolute atomic E-state index is 13.2. The van der Waals surface area contributed by atoms with Crippen molar-refractivity contribution in [2.24, 2.45) is 0 Å². The fourth-order valence-electron chi connectivity index (χ4n) is 2.70. The first-order chi connectivity index (χ1) is 10.6. The molecule has 1 atom stereocenters. The molecule has 1 aromatic rings. The Morgan fingerprint density at radius 1 is 1.21 bits per heavy atom. The minimum Gasteiger partial charge on any atom is -0.396 e. The standard InChI is InChI=1S/C15H20ClF3O4S/c1-13(2,9-14(21,6-7-20)15(17,18)19)11-5-4-10(16)8-12(11)24(3,22)23/h4-5,8,20-21H,6-7,9H2,1-3H3. The van der Waals surface area contributed by atoms with Crippen LogP contribution >= 0.6 is 11.6 Å². The molecule has 1 aromatic carbocycles. The summed E-state index contributed by atoms with van der Waals surface area (Å²) in [6.45, 7) is 1.95. The molecule has 0 aliphatic rings. The van der Waals surface area contributed by atoms with Crippen LogP contribution in [0, 0.1) is 0 Å². The number of aliphatic hydroxyl groups excluding tert-OH is 1. The van der Waals surface area contributed by atoms with Gasteiger partial charge in [-0.1, -0.05) is 31.5 Å². The van der Waals surface area contributed by atoms with E-state index in [0.717, 1.165) is 6.26 Å². The van der Waals surface area contributed by atoms with Crippen LogP contribution in [0.4, 0.5) is 13.2 Å². The number of benzene rings is 1. The second-order valence-corrected chi connectivity index (χ2v) is 8.90. The maximum atomic E-state index is 13.2. The van der Waals surface area contributed by atoms with Gasteiger partial charge < -0.3 is 10.2 Å². The zero-order valence-corrected chi connectivity index (χ0v) is 15.1. The molecular formula is C15H20ClF3O4S. The number of halogens is 4. The second-order valence-electron chi connectivity index (χ2n) is 6.48. The van der Waals surface area contributed by atoms with Crippen molar-refractivity contribution < 1.29 is 31.8 Å². The van der Waals surface area contributed by atoms with Gasteiger partial charge in [-0.3, -0.25) is 0 Å². The van der Waals surface area contributed by atoms with Crippen molar-refractivity contribution in [3.63, 3.8) is 0 Å². The first-order valence-electron chi connectivity index (χ1n) is 7.04. The third kappa shape index (κ3) is 4.62. The van der Waals surface area contributed by atoms with Crippen LogP contribution in [0.25, 0.3) is 0 Å². The lowest BCUT2D eigenvalue weighted by atomic mass is 9.74. The van der Waals surface area contributed by atoms with Gasteiger partial charge in [0.15, 0.2) is 15.4 Å². The van der Waals surface area contributed by atoms with E-state index >= 15 is 0 Å². The molecule has 1 rings (SSSR count). The molecule has 2 N–H and O–H groups in total. The molecule has 0 radical (unpaired) electrons. The van der Waals surface area contributed by atoms with Crippen LogP contribution in [-0.2, 0) is 15.3 Å². The van der Waals surface area contributed by atoms with E-state index in [2.05, 4.69) is 0 Å². The Kier molecular flexibility index (Phi) is 6.03. The molecule has 0 heterocycles. The zero-order chi connectivity index (χ0) is 19.0. The van der Waals surface area contributed by atoms with E-state index in [1.807, 2.05) is 0 Å². The lowest BCUT2D eigenvalue weighted by molar-refractivity contribution is -0.271. The molecule has 0 saturated carbocycles. The summed E-state index contributed by atoms with van der Waals surface area (Å²) in [5, 5.41) is 19.0. The smallest absolute Gasteiger partial charge is 0.396 e. The van der Waals surface area contributed by atoms with Gasteiger partial charge in [-0.25, -0.2) is 8.42 Å². The van der Waals surface area contributed by atoms with Crippen molar-refractivity contribution in [2.75, 3.05) is 12.9 Å². The van der Waals surface area contributed by atoms with Crippen molar-refractivity contribution in [3.8, 4) is 0 Å². The lowest BCUT2D eigenvalue weighted by Crippen LogP contribution is -2.49. The van der Waals surface area contributed by atoms with Gasteiger partial charge in [-0.2, -0.15) is 13.2 Å². The summed E-state index contributed by atoms with van der Waals surface area (Å²) in [4.78, 5) is -0.187. The van der Waals surface area contributed by atoms with Gasteiger partial charge in [0.05, 0.1) is 4.90 Å². The van der Waals surface area contributed by atoms with E-state index in [1.165, 1.54) is 32.0 Å². The number of alkyl halides is 3. The van der Waals surface area contributed by atoms with Crippen molar-refractivity contribution in [1.82, 2.24) is 0 Å². The third-order valence-corrected chi connectivity index (χ3v) is 5.23. The molecule has 0 aliphatic heterocycles. The summed E-state index contributed by atoms with van der Waals surface area (Å²) in [5.74, 6) is 0. The fraction of sp³-hybridized carbons (Fsp3) is 0.600.